The van der Waals surface area contributed by atoms with Crippen LogP contribution in [0.25, 0.3) is 21.8 Å². The fourth-order valence-corrected chi connectivity index (χ4v) is 2.22. The minimum Gasteiger partial charge on any atom is -0.341 e. The van der Waals surface area contributed by atoms with Gasteiger partial charge in [0, 0.05) is 28.4 Å². The van der Waals surface area contributed by atoms with E-state index in [9.17, 15) is 0 Å². The zero-order valence-electron chi connectivity index (χ0n) is 8.62. The second-order valence-electron chi connectivity index (χ2n) is 3.63. The highest BCUT2D eigenvalue weighted by atomic mass is 15.0. The smallest absolute Gasteiger partial charge is 0.0491 e. The summed E-state index contributed by atoms with van der Waals surface area (Å²) >= 11 is 0. The van der Waals surface area contributed by atoms with Crippen molar-refractivity contribution < 1.29 is 0 Å². The first-order valence-corrected chi connectivity index (χ1v) is 5.20. The molecule has 0 bridgehead atoms. The number of nitrogens with zero attached hydrogens (tertiary/aromatic N) is 1. The molecule has 2 aromatic carbocycles. The van der Waals surface area contributed by atoms with Crippen molar-refractivity contribution in [1.29, 1.82) is 0 Å². The normalized spacial score (nSPS) is 11.3. The molecule has 15 heavy (non-hydrogen) atoms. The number of fused-ring (bicyclic) bond motifs is 3. The van der Waals surface area contributed by atoms with Crippen molar-refractivity contribution in [3.8, 4) is 0 Å². The predicted octanol–water partition coefficient (Wildman–Crippen LogP) is 3.41. The van der Waals surface area contributed by atoms with Gasteiger partial charge in [-0.1, -0.05) is 12.1 Å². The first-order valence-electron chi connectivity index (χ1n) is 5.20. The van der Waals surface area contributed by atoms with E-state index in [-0.39, 0.29) is 0 Å². The zero-order valence-corrected chi connectivity index (χ0v) is 8.62. The van der Waals surface area contributed by atoms with Gasteiger partial charge in [0.15, 0.2) is 0 Å². The number of rotatable bonds is 1. The molecule has 3 aromatic rings. The number of aryl methyl sites for hydroxylation is 1. The molecule has 0 atom stereocenters. The number of hydrogen-bond acceptors (Lipinski definition) is 0. The van der Waals surface area contributed by atoms with Crippen LogP contribution in [0.15, 0.2) is 36.4 Å². The van der Waals surface area contributed by atoms with Crippen LogP contribution in [0.5, 0.6) is 0 Å². The van der Waals surface area contributed by atoms with Gasteiger partial charge in [0.25, 0.3) is 0 Å². The Labute approximate surface area is 88.9 Å². The lowest BCUT2D eigenvalue weighted by atomic mass is 10.2. The van der Waals surface area contributed by atoms with Crippen molar-refractivity contribution in [2.24, 2.45) is 0 Å². The summed E-state index contributed by atoms with van der Waals surface area (Å²) in [6, 6.07) is 18.6. The number of hydrogen-bond donors (Lipinski definition) is 0. The standard InChI is InChI=1S/C14H11N/c1-2-15-13-9-5-3-7-11(13)12-8-4-6-10-14(12)15/h5-10H,2H2,1H3. The maximum absolute atomic E-state index is 3.14. The van der Waals surface area contributed by atoms with Gasteiger partial charge in [-0.3, -0.25) is 0 Å². The van der Waals surface area contributed by atoms with E-state index in [1.54, 1.807) is 0 Å². The Morgan fingerprint density at radius 1 is 1.00 bits per heavy atom. The van der Waals surface area contributed by atoms with Crippen molar-refractivity contribution in [2.45, 2.75) is 13.5 Å². The molecule has 1 heteroatoms. The molecule has 0 fully saturated rings. The molecule has 72 valence electrons. The van der Waals surface area contributed by atoms with Crippen LogP contribution in [0, 0.1) is 12.1 Å². The van der Waals surface area contributed by atoms with E-state index in [1.807, 2.05) is 12.1 Å². The Balaban J connectivity index is 2.62. The van der Waals surface area contributed by atoms with E-state index in [1.165, 1.54) is 21.8 Å². The second kappa shape index (κ2) is 3.13. The molecule has 1 nitrogen and oxygen atoms in total. The first kappa shape index (κ1) is 8.54. The first-order chi connectivity index (χ1) is 7.42. The molecule has 0 amide bonds. The lowest BCUT2D eigenvalue weighted by molar-refractivity contribution is 0.827. The number of benzene rings is 2. The fourth-order valence-electron chi connectivity index (χ4n) is 2.22. The molecule has 3 rings (SSSR count). The van der Waals surface area contributed by atoms with Crippen LogP contribution in [0.2, 0.25) is 0 Å². The van der Waals surface area contributed by atoms with Crippen molar-refractivity contribution >= 4 is 21.8 Å². The monoisotopic (exact) mass is 193 g/mol. The molecule has 0 spiro atoms. The molecule has 0 unspecified atom stereocenters. The summed E-state index contributed by atoms with van der Waals surface area (Å²) in [6.45, 7) is 3.17. The van der Waals surface area contributed by atoms with Gasteiger partial charge in [0.1, 0.15) is 0 Å². The highest BCUT2D eigenvalue weighted by molar-refractivity contribution is 6.07. The third-order valence-corrected chi connectivity index (χ3v) is 2.87. The van der Waals surface area contributed by atoms with E-state index >= 15 is 0 Å². The molecule has 0 aliphatic heterocycles. The Morgan fingerprint density at radius 2 is 1.53 bits per heavy atom. The summed E-state index contributed by atoms with van der Waals surface area (Å²) in [4.78, 5) is 0. The molecule has 0 saturated heterocycles. The maximum atomic E-state index is 3.14. The molecule has 0 aliphatic carbocycles. The van der Waals surface area contributed by atoms with Gasteiger partial charge in [-0.05, 0) is 43.3 Å². The SMILES string of the molecule is CCn1c2cc[c]cc2c2c[c]ccc21. The predicted molar refractivity (Wildman–Crippen MR) is 62.8 cm³/mol. The van der Waals surface area contributed by atoms with E-state index < -0.39 is 0 Å². The van der Waals surface area contributed by atoms with Crippen molar-refractivity contribution in [1.82, 2.24) is 4.57 Å². The third-order valence-electron chi connectivity index (χ3n) is 2.87. The van der Waals surface area contributed by atoms with Crippen LogP contribution in [-0.4, -0.2) is 4.57 Å². The Bertz CT molecular complexity index is 566. The summed E-state index contributed by atoms with van der Waals surface area (Å²) in [6.07, 6.45) is 0. The summed E-state index contributed by atoms with van der Waals surface area (Å²) in [7, 11) is 0. The minimum absolute atomic E-state index is 0.994. The molecule has 0 saturated carbocycles. The van der Waals surface area contributed by atoms with Gasteiger partial charge < -0.3 is 4.57 Å². The lowest BCUT2D eigenvalue weighted by Gasteiger charge is -2.01. The molecule has 0 aliphatic rings. The summed E-state index contributed by atoms with van der Waals surface area (Å²) in [5.74, 6) is 0. The van der Waals surface area contributed by atoms with Crippen LogP contribution in [0.4, 0.5) is 0 Å². The molecule has 2 radical (unpaired) electrons. The van der Waals surface area contributed by atoms with Gasteiger partial charge in [-0.15, -0.1) is 0 Å². The molecule has 1 aromatic heterocycles. The van der Waals surface area contributed by atoms with E-state index in [0.717, 1.165) is 6.54 Å². The fraction of sp³-hybridized carbons (Fsp3) is 0.143. The van der Waals surface area contributed by atoms with Gasteiger partial charge >= 0.3 is 0 Å². The van der Waals surface area contributed by atoms with E-state index in [0.29, 0.717) is 0 Å². The van der Waals surface area contributed by atoms with Crippen LogP contribution in [0.1, 0.15) is 6.92 Å². The number of aromatic nitrogens is 1. The van der Waals surface area contributed by atoms with Gasteiger partial charge in [0.2, 0.25) is 0 Å². The van der Waals surface area contributed by atoms with E-state index in [4.69, 9.17) is 0 Å². The minimum atomic E-state index is 0.994. The summed E-state index contributed by atoms with van der Waals surface area (Å²) < 4.78 is 2.33. The van der Waals surface area contributed by atoms with Crippen molar-refractivity contribution in [2.75, 3.05) is 0 Å². The van der Waals surface area contributed by atoms with Crippen LogP contribution in [-0.2, 0) is 6.54 Å². The maximum Gasteiger partial charge on any atom is 0.0491 e. The quantitative estimate of drug-likeness (QED) is 0.558. The highest BCUT2D eigenvalue weighted by Crippen LogP contribution is 2.27. The van der Waals surface area contributed by atoms with Crippen molar-refractivity contribution in [3.05, 3.63) is 48.5 Å². The van der Waals surface area contributed by atoms with Gasteiger partial charge in [0.05, 0.1) is 0 Å². The lowest BCUT2D eigenvalue weighted by Crippen LogP contribution is -1.92. The topological polar surface area (TPSA) is 4.93 Å². The van der Waals surface area contributed by atoms with Crippen LogP contribution < -0.4 is 0 Å². The molecule has 0 N–H and O–H groups in total. The van der Waals surface area contributed by atoms with Crippen molar-refractivity contribution in [3.63, 3.8) is 0 Å². The second-order valence-corrected chi connectivity index (χ2v) is 3.63. The molecule has 1 heterocycles. The van der Waals surface area contributed by atoms with Gasteiger partial charge in [-0.2, -0.15) is 0 Å². The van der Waals surface area contributed by atoms with Crippen LogP contribution >= 0.6 is 0 Å². The van der Waals surface area contributed by atoms with Gasteiger partial charge in [-0.25, -0.2) is 0 Å². The highest BCUT2D eigenvalue weighted by Gasteiger charge is 2.07. The summed E-state index contributed by atoms with van der Waals surface area (Å²) in [5, 5.41) is 2.54. The largest absolute Gasteiger partial charge is 0.341 e. The average Bonchev–Trinajstić information content (AvgIpc) is 2.63. The Hall–Kier alpha value is -1.76. The molecular formula is C14H11N. The summed E-state index contributed by atoms with van der Waals surface area (Å²) in [5.41, 5.74) is 2.57. The Morgan fingerprint density at radius 3 is 2.00 bits per heavy atom. The zero-order chi connectivity index (χ0) is 10.3. The average molecular weight is 193 g/mol. The van der Waals surface area contributed by atoms with Crippen LogP contribution in [0.3, 0.4) is 0 Å². The van der Waals surface area contributed by atoms with E-state index in [2.05, 4.69) is 47.9 Å². The Kier molecular flexibility index (Phi) is 1.78. The molecular weight excluding hydrogens is 182 g/mol. The third kappa shape index (κ3) is 1.09.